The van der Waals surface area contributed by atoms with E-state index in [1.165, 1.54) is 12.1 Å². The van der Waals surface area contributed by atoms with Crippen molar-refractivity contribution in [3.05, 3.63) is 22.2 Å². The van der Waals surface area contributed by atoms with Crippen LogP contribution >= 0.6 is 23.2 Å². The van der Waals surface area contributed by atoms with Gasteiger partial charge in [0.15, 0.2) is 5.75 Å². The second-order valence-electron chi connectivity index (χ2n) is 5.40. The molecule has 0 fully saturated rings. The molecule has 0 heterocycles. The van der Waals surface area contributed by atoms with Gasteiger partial charge >= 0.3 is 0 Å². The molecule has 1 rings (SSSR count). The standard InChI is InChI=1S/C16H25Cl2NO6S/c1-2-3-4-23-5-6-24-7-8-25-9-10-26(21,22)19-13-11-14(17)16(20)15(18)12-13/h11-12,19-20H,2-10H2,1H3. The van der Waals surface area contributed by atoms with Crippen LogP contribution in [0.5, 0.6) is 5.75 Å². The summed E-state index contributed by atoms with van der Waals surface area (Å²) in [6.45, 7) is 4.53. The highest BCUT2D eigenvalue weighted by Crippen LogP contribution is 2.34. The summed E-state index contributed by atoms with van der Waals surface area (Å²) < 4.78 is 42.2. The highest BCUT2D eigenvalue weighted by molar-refractivity contribution is 7.92. The summed E-state index contributed by atoms with van der Waals surface area (Å²) >= 11 is 11.5. The van der Waals surface area contributed by atoms with E-state index in [0.717, 1.165) is 19.4 Å². The average molecular weight is 430 g/mol. The molecule has 150 valence electrons. The third-order valence-corrected chi connectivity index (χ3v) is 5.00. The van der Waals surface area contributed by atoms with Crippen molar-refractivity contribution in [1.29, 1.82) is 0 Å². The lowest BCUT2D eigenvalue weighted by Crippen LogP contribution is -2.21. The molecule has 1 aromatic carbocycles. The Labute approximate surface area is 164 Å². The van der Waals surface area contributed by atoms with Crippen LogP contribution in [-0.4, -0.2) is 58.9 Å². The zero-order chi connectivity index (χ0) is 19.4. The molecule has 0 saturated heterocycles. The molecule has 1 aromatic rings. The predicted molar refractivity (Wildman–Crippen MR) is 103 cm³/mol. The third-order valence-electron chi connectivity index (χ3n) is 3.17. The molecule has 0 aliphatic carbocycles. The summed E-state index contributed by atoms with van der Waals surface area (Å²) in [6.07, 6.45) is 2.13. The van der Waals surface area contributed by atoms with Crippen molar-refractivity contribution in [3.8, 4) is 5.75 Å². The van der Waals surface area contributed by atoms with Crippen molar-refractivity contribution in [3.63, 3.8) is 0 Å². The van der Waals surface area contributed by atoms with Crippen molar-refractivity contribution < 1.29 is 27.7 Å². The molecule has 26 heavy (non-hydrogen) atoms. The van der Waals surface area contributed by atoms with E-state index < -0.39 is 10.0 Å². The molecular formula is C16H25Cl2NO6S. The number of ether oxygens (including phenoxy) is 3. The van der Waals surface area contributed by atoms with E-state index in [1.807, 2.05) is 0 Å². The Morgan fingerprint density at radius 3 is 2.00 bits per heavy atom. The molecule has 0 aliphatic rings. The fraction of sp³-hybridized carbons (Fsp3) is 0.625. The smallest absolute Gasteiger partial charge is 0.235 e. The predicted octanol–water partition coefficient (Wildman–Crippen LogP) is 3.29. The summed E-state index contributed by atoms with van der Waals surface area (Å²) in [7, 11) is -3.63. The number of hydrogen-bond acceptors (Lipinski definition) is 6. The molecule has 0 atom stereocenters. The number of halogens is 2. The van der Waals surface area contributed by atoms with Crippen molar-refractivity contribution in [1.82, 2.24) is 0 Å². The van der Waals surface area contributed by atoms with E-state index in [9.17, 15) is 13.5 Å². The van der Waals surface area contributed by atoms with E-state index >= 15 is 0 Å². The summed E-state index contributed by atoms with van der Waals surface area (Å²) in [4.78, 5) is 0. The van der Waals surface area contributed by atoms with Crippen molar-refractivity contribution in [2.75, 3.05) is 50.1 Å². The zero-order valence-electron chi connectivity index (χ0n) is 14.7. The minimum atomic E-state index is -3.63. The molecular weight excluding hydrogens is 405 g/mol. The Bertz CT molecular complexity index is 619. The first-order valence-corrected chi connectivity index (χ1v) is 10.7. The maximum Gasteiger partial charge on any atom is 0.235 e. The number of hydrogen-bond donors (Lipinski definition) is 2. The number of phenols is 1. The van der Waals surface area contributed by atoms with Gasteiger partial charge in [-0.3, -0.25) is 4.72 Å². The molecule has 0 unspecified atom stereocenters. The fourth-order valence-corrected chi connectivity index (χ4v) is 3.22. The van der Waals surface area contributed by atoms with E-state index in [2.05, 4.69) is 11.6 Å². The molecule has 7 nitrogen and oxygen atoms in total. The Hall–Kier alpha value is -0.770. The second kappa shape index (κ2) is 12.6. The Balaban J connectivity index is 2.16. The molecule has 0 saturated carbocycles. The highest BCUT2D eigenvalue weighted by Gasteiger charge is 2.13. The number of unbranched alkanes of at least 4 members (excludes halogenated alkanes) is 1. The van der Waals surface area contributed by atoms with Gasteiger partial charge in [0.05, 0.1) is 54.5 Å². The van der Waals surface area contributed by atoms with Gasteiger partial charge in [0.2, 0.25) is 10.0 Å². The first-order valence-electron chi connectivity index (χ1n) is 8.27. The monoisotopic (exact) mass is 429 g/mol. The van der Waals surface area contributed by atoms with Crippen LogP contribution in [0.3, 0.4) is 0 Å². The quantitative estimate of drug-likeness (QED) is 0.348. The average Bonchev–Trinajstić information content (AvgIpc) is 2.57. The normalized spacial score (nSPS) is 11.7. The highest BCUT2D eigenvalue weighted by atomic mass is 35.5. The van der Waals surface area contributed by atoms with Crippen LogP contribution in [-0.2, 0) is 24.2 Å². The van der Waals surface area contributed by atoms with Gasteiger partial charge in [0, 0.05) is 6.61 Å². The number of benzene rings is 1. The van der Waals surface area contributed by atoms with Crippen LogP contribution < -0.4 is 4.72 Å². The Morgan fingerprint density at radius 1 is 0.962 bits per heavy atom. The van der Waals surface area contributed by atoms with Crippen LogP contribution in [0.2, 0.25) is 10.0 Å². The van der Waals surface area contributed by atoms with Gasteiger partial charge < -0.3 is 19.3 Å². The van der Waals surface area contributed by atoms with Gasteiger partial charge in [-0.25, -0.2) is 8.42 Å². The topological polar surface area (TPSA) is 94.1 Å². The van der Waals surface area contributed by atoms with E-state index in [4.69, 9.17) is 37.4 Å². The first kappa shape index (κ1) is 23.3. The SMILES string of the molecule is CCCCOCCOCCOCCS(=O)(=O)Nc1cc(Cl)c(O)c(Cl)c1. The van der Waals surface area contributed by atoms with Crippen LogP contribution in [0.4, 0.5) is 5.69 Å². The lowest BCUT2D eigenvalue weighted by Gasteiger charge is -2.10. The largest absolute Gasteiger partial charge is 0.505 e. The summed E-state index contributed by atoms with van der Waals surface area (Å²) in [5.41, 5.74) is 0.171. The van der Waals surface area contributed by atoms with Crippen LogP contribution in [0.1, 0.15) is 19.8 Å². The summed E-state index contributed by atoms with van der Waals surface area (Å²) in [5, 5.41) is 9.39. The minimum absolute atomic E-state index is 0.0191. The molecule has 0 radical (unpaired) electrons. The van der Waals surface area contributed by atoms with Crippen LogP contribution in [0, 0.1) is 0 Å². The van der Waals surface area contributed by atoms with Crippen molar-refractivity contribution in [2.24, 2.45) is 0 Å². The lowest BCUT2D eigenvalue weighted by molar-refractivity contribution is 0.0168. The second-order valence-corrected chi connectivity index (χ2v) is 8.06. The van der Waals surface area contributed by atoms with Crippen molar-refractivity contribution in [2.45, 2.75) is 19.8 Å². The summed E-state index contributed by atoms with van der Waals surface area (Å²) in [6, 6.07) is 2.55. The van der Waals surface area contributed by atoms with E-state index in [1.54, 1.807) is 0 Å². The molecule has 0 bridgehead atoms. The van der Waals surface area contributed by atoms with Gasteiger partial charge in [-0.05, 0) is 18.6 Å². The summed E-state index contributed by atoms with van der Waals surface area (Å²) in [5.74, 6) is -0.529. The lowest BCUT2D eigenvalue weighted by atomic mass is 10.3. The van der Waals surface area contributed by atoms with Crippen LogP contribution in [0.25, 0.3) is 0 Å². The molecule has 10 heteroatoms. The fourth-order valence-electron chi connectivity index (χ4n) is 1.81. The van der Waals surface area contributed by atoms with E-state index in [-0.39, 0.29) is 33.8 Å². The van der Waals surface area contributed by atoms with Gasteiger partial charge in [-0.15, -0.1) is 0 Å². The van der Waals surface area contributed by atoms with Crippen LogP contribution in [0.15, 0.2) is 12.1 Å². The maximum atomic E-state index is 12.0. The van der Waals surface area contributed by atoms with Gasteiger partial charge in [0.25, 0.3) is 0 Å². The number of sulfonamides is 1. The number of phenolic OH excluding ortho intramolecular Hbond substituents is 1. The minimum Gasteiger partial charge on any atom is -0.505 e. The maximum absolute atomic E-state index is 12.0. The molecule has 0 amide bonds. The number of rotatable bonds is 14. The number of aromatic hydroxyl groups is 1. The number of nitrogens with one attached hydrogen (secondary N) is 1. The zero-order valence-corrected chi connectivity index (χ0v) is 17.0. The number of anilines is 1. The first-order chi connectivity index (χ1) is 12.4. The van der Waals surface area contributed by atoms with Gasteiger partial charge in [-0.2, -0.15) is 0 Å². The van der Waals surface area contributed by atoms with E-state index in [0.29, 0.717) is 26.4 Å². The molecule has 2 N–H and O–H groups in total. The third kappa shape index (κ3) is 9.80. The Morgan fingerprint density at radius 2 is 1.46 bits per heavy atom. The van der Waals surface area contributed by atoms with Gasteiger partial charge in [-0.1, -0.05) is 36.5 Å². The van der Waals surface area contributed by atoms with Gasteiger partial charge in [0.1, 0.15) is 0 Å². The molecule has 0 spiro atoms. The Kier molecular flexibility index (Phi) is 11.3. The van der Waals surface area contributed by atoms with Crippen molar-refractivity contribution >= 4 is 38.9 Å². The molecule has 0 aromatic heterocycles. The molecule has 0 aliphatic heterocycles.